The molecule has 2 unspecified atom stereocenters. The minimum absolute atomic E-state index is 0.797. The van der Waals surface area contributed by atoms with Crippen molar-refractivity contribution in [2.75, 3.05) is 0 Å². The maximum absolute atomic E-state index is 5.99. The molecule has 0 nitrogen and oxygen atoms in total. The molecule has 4 rings (SSSR count). The summed E-state index contributed by atoms with van der Waals surface area (Å²) in [6.45, 7) is 2.28. The fourth-order valence-corrected chi connectivity index (χ4v) is 4.84. The Kier molecular flexibility index (Phi) is 3.74. The van der Waals surface area contributed by atoms with Gasteiger partial charge in [-0.15, -0.1) is 0 Å². The first kappa shape index (κ1) is 14.3. The van der Waals surface area contributed by atoms with Crippen LogP contribution in [0, 0.1) is 18.8 Å². The summed E-state index contributed by atoms with van der Waals surface area (Å²) in [7, 11) is 0. The van der Waals surface area contributed by atoms with Gasteiger partial charge in [0.1, 0.15) is 0 Å². The van der Waals surface area contributed by atoms with Crippen LogP contribution in [0.2, 0.25) is 5.02 Å². The lowest BCUT2D eigenvalue weighted by Crippen LogP contribution is -2.15. The highest BCUT2D eigenvalue weighted by Gasteiger charge is 2.34. The van der Waals surface area contributed by atoms with E-state index >= 15 is 0 Å². The first-order chi connectivity index (χ1) is 10.7. The summed E-state index contributed by atoms with van der Waals surface area (Å²) in [5, 5.41) is 0.801. The van der Waals surface area contributed by atoms with E-state index in [4.69, 9.17) is 11.6 Å². The zero-order chi connectivity index (χ0) is 15.1. The Balaban J connectivity index is 1.61. The Bertz CT molecular complexity index is 659. The molecule has 0 aromatic heterocycles. The van der Waals surface area contributed by atoms with E-state index < -0.39 is 0 Å². The molecule has 2 aliphatic carbocycles. The molecule has 2 aliphatic rings. The van der Waals surface area contributed by atoms with Crippen LogP contribution in [0.15, 0.2) is 42.5 Å². The fraction of sp³-hybridized carbons (Fsp3) is 0.429. The summed E-state index contributed by atoms with van der Waals surface area (Å²) >= 11 is 5.99. The highest BCUT2D eigenvalue weighted by Crippen LogP contribution is 2.48. The zero-order valence-electron chi connectivity index (χ0n) is 13.2. The van der Waals surface area contributed by atoms with Crippen molar-refractivity contribution in [1.82, 2.24) is 0 Å². The van der Waals surface area contributed by atoms with Crippen molar-refractivity contribution < 1.29 is 0 Å². The first-order valence-corrected chi connectivity index (χ1v) is 8.93. The van der Waals surface area contributed by atoms with Gasteiger partial charge in [-0.25, -0.2) is 0 Å². The van der Waals surface area contributed by atoms with Crippen molar-refractivity contribution in [3.05, 3.63) is 58.6 Å². The van der Waals surface area contributed by atoms with Crippen LogP contribution >= 0.6 is 11.6 Å². The minimum Gasteiger partial charge on any atom is -0.0843 e. The summed E-state index contributed by atoms with van der Waals surface area (Å²) < 4.78 is 0. The van der Waals surface area contributed by atoms with E-state index in [2.05, 4.69) is 37.3 Å². The maximum atomic E-state index is 5.99. The van der Waals surface area contributed by atoms with Gasteiger partial charge >= 0.3 is 0 Å². The van der Waals surface area contributed by atoms with Crippen LogP contribution in [-0.2, 0) is 0 Å². The smallest absolute Gasteiger partial charge is 0.0406 e. The molecule has 2 aromatic rings. The Morgan fingerprint density at radius 1 is 0.818 bits per heavy atom. The van der Waals surface area contributed by atoms with Crippen molar-refractivity contribution in [3.63, 3.8) is 0 Å². The molecule has 2 fully saturated rings. The highest BCUT2D eigenvalue weighted by atomic mass is 35.5. The van der Waals surface area contributed by atoms with E-state index in [-0.39, 0.29) is 0 Å². The Morgan fingerprint density at radius 2 is 1.45 bits per heavy atom. The average molecular weight is 311 g/mol. The van der Waals surface area contributed by atoms with Crippen LogP contribution < -0.4 is 0 Å². The third-order valence-electron chi connectivity index (χ3n) is 5.77. The number of fused-ring (bicyclic) bond motifs is 2. The zero-order valence-corrected chi connectivity index (χ0v) is 13.9. The molecule has 1 heteroatoms. The standard InChI is InChI=1S/C21H23Cl/c1-14-10-18(17-4-7-20(22)8-5-17)6-9-21(14)19-12-15-2-3-16(11-15)13-19/h4-10,15-16,19H,2-3,11-13H2,1H3. The molecule has 0 spiro atoms. The SMILES string of the molecule is Cc1cc(-c2ccc(Cl)cc2)ccc1C1CC2CCC(C2)C1. The van der Waals surface area contributed by atoms with E-state index in [1.807, 2.05) is 12.1 Å². The van der Waals surface area contributed by atoms with E-state index in [9.17, 15) is 0 Å². The van der Waals surface area contributed by atoms with E-state index in [0.717, 1.165) is 22.8 Å². The molecule has 0 radical (unpaired) electrons. The third kappa shape index (κ3) is 2.70. The molecule has 114 valence electrons. The number of hydrogen-bond acceptors (Lipinski definition) is 0. The van der Waals surface area contributed by atoms with Gasteiger partial charge in [-0.2, -0.15) is 0 Å². The lowest BCUT2D eigenvalue weighted by Gasteiger charge is -2.29. The quantitative estimate of drug-likeness (QED) is 0.585. The molecule has 0 saturated heterocycles. The largest absolute Gasteiger partial charge is 0.0843 e. The highest BCUT2D eigenvalue weighted by molar-refractivity contribution is 6.30. The van der Waals surface area contributed by atoms with E-state index in [1.54, 1.807) is 5.56 Å². The second-order valence-electron chi connectivity index (χ2n) is 7.29. The van der Waals surface area contributed by atoms with Gasteiger partial charge in [0.2, 0.25) is 0 Å². The third-order valence-corrected chi connectivity index (χ3v) is 6.02. The predicted octanol–water partition coefficient (Wildman–Crippen LogP) is 6.61. The fourth-order valence-electron chi connectivity index (χ4n) is 4.72. The van der Waals surface area contributed by atoms with Crippen molar-refractivity contribution >= 4 is 11.6 Å². The second kappa shape index (κ2) is 5.74. The van der Waals surface area contributed by atoms with Crippen LogP contribution in [0.3, 0.4) is 0 Å². The van der Waals surface area contributed by atoms with Crippen molar-refractivity contribution in [1.29, 1.82) is 0 Å². The number of hydrogen-bond donors (Lipinski definition) is 0. The van der Waals surface area contributed by atoms with Crippen molar-refractivity contribution in [3.8, 4) is 11.1 Å². The van der Waals surface area contributed by atoms with Crippen molar-refractivity contribution in [2.24, 2.45) is 11.8 Å². The predicted molar refractivity (Wildman–Crippen MR) is 94.4 cm³/mol. The molecule has 0 heterocycles. The van der Waals surface area contributed by atoms with Gasteiger partial charge in [0, 0.05) is 5.02 Å². The van der Waals surface area contributed by atoms with Crippen LogP contribution in [0.1, 0.15) is 49.1 Å². The molecule has 2 atom stereocenters. The molecular formula is C21H23Cl. The second-order valence-corrected chi connectivity index (χ2v) is 7.73. The lowest BCUT2D eigenvalue weighted by atomic mass is 9.76. The Labute approximate surface area is 138 Å². The molecular weight excluding hydrogens is 288 g/mol. The summed E-state index contributed by atoms with van der Waals surface area (Å²) in [6, 6.07) is 15.2. The molecule has 0 aliphatic heterocycles. The van der Waals surface area contributed by atoms with E-state index in [1.165, 1.54) is 48.8 Å². The summed E-state index contributed by atoms with van der Waals surface area (Å²) in [6.07, 6.45) is 7.28. The van der Waals surface area contributed by atoms with Crippen LogP contribution in [0.4, 0.5) is 0 Å². The minimum atomic E-state index is 0.797. The van der Waals surface area contributed by atoms with Crippen molar-refractivity contribution in [2.45, 2.75) is 44.9 Å². The number of benzene rings is 2. The Morgan fingerprint density at radius 3 is 2.09 bits per heavy atom. The Hall–Kier alpha value is -1.27. The number of rotatable bonds is 2. The van der Waals surface area contributed by atoms with Gasteiger partial charge in [0.15, 0.2) is 0 Å². The van der Waals surface area contributed by atoms with Gasteiger partial charge in [0.05, 0.1) is 0 Å². The number of halogens is 1. The van der Waals surface area contributed by atoms with Gasteiger partial charge in [0.25, 0.3) is 0 Å². The molecule has 22 heavy (non-hydrogen) atoms. The van der Waals surface area contributed by atoms with Crippen LogP contribution in [-0.4, -0.2) is 0 Å². The lowest BCUT2D eigenvalue weighted by molar-refractivity contribution is 0.319. The summed E-state index contributed by atoms with van der Waals surface area (Å²) in [4.78, 5) is 0. The molecule has 0 N–H and O–H groups in total. The van der Waals surface area contributed by atoms with Gasteiger partial charge in [-0.3, -0.25) is 0 Å². The molecule has 0 amide bonds. The molecule has 2 bridgehead atoms. The summed E-state index contributed by atoms with van der Waals surface area (Å²) in [5.41, 5.74) is 5.60. The molecule has 2 aromatic carbocycles. The normalized spacial score (nSPS) is 27.1. The van der Waals surface area contributed by atoms with Crippen LogP contribution in [0.5, 0.6) is 0 Å². The number of aryl methyl sites for hydroxylation is 1. The molecule has 2 saturated carbocycles. The van der Waals surface area contributed by atoms with Gasteiger partial charge in [-0.05, 0) is 78.3 Å². The maximum Gasteiger partial charge on any atom is 0.0406 e. The monoisotopic (exact) mass is 310 g/mol. The van der Waals surface area contributed by atoms with E-state index in [0.29, 0.717) is 0 Å². The van der Waals surface area contributed by atoms with Gasteiger partial charge in [-0.1, -0.05) is 54.8 Å². The first-order valence-electron chi connectivity index (χ1n) is 8.55. The average Bonchev–Trinajstić information content (AvgIpc) is 2.86. The summed E-state index contributed by atoms with van der Waals surface area (Å²) in [5.74, 6) is 2.80. The van der Waals surface area contributed by atoms with Crippen LogP contribution in [0.25, 0.3) is 11.1 Å². The topological polar surface area (TPSA) is 0 Å². The van der Waals surface area contributed by atoms with Gasteiger partial charge < -0.3 is 0 Å².